The van der Waals surface area contributed by atoms with Gasteiger partial charge in [-0.3, -0.25) is 0 Å². The zero-order valence-corrected chi connectivity index (χ0v) is 30.6. The minimum atomic E-state index is -0.245. The van der Waals surface area contributed by atoms with Gasteiger partial charge in [0.05, 0.1) is 11.6 Å². The Hall–Kier alpha value is -6.43. The van der Waals surface area contributed by atoms with Crippen LogP contribution in [0.1, 0.15) is 48.6 Å². The Balaban J connectivity index is 1.23. The molecule has 2 nitrogen and oxygen atoms in total. The van der Waals surface area contributed by atoms with Crippen LogP contribution in [0.2, 0.25) is 0 Å². The van der Waals surface area contributed by atoms with E-state index in [1.807, 2.05) is 12.1 Å². The van der Waals surface area contributed by atoms with Crippen molar-refractivity contribution in [2.24, 2.45) is 0 Å². The summed E-state index contributed by atoms with van der Waals surface area (Å²) in [6.45, 7) is 9.16. The summed E-state index contributed by atoms with van der Waals surface area (Å²) in [7, 11) is 0. The first kappa shape index (κ1) is 32.5. The average Bonchev–Trinajstić information content (AvgIpc) is 3.43. The fraction of sp³-hybridized carbons (Fsp3) is 0.118. The lowest BCUT2D eigenvalue weighted by Crippen LogP contribution is -2.17. The SMILES string of the molecule is CCc1ccc(N(c2ccc(C#N)cc2)c2ccc3c(c2)C(C)(C)c2cc(-c4ccc5ccccc5c4)c4ccccc4c2-3)cc1-c1ccccc1C. The van der Waals surface area contributed by atoms with Gasteiger partial charge in [-0.05, 0) is 151 Å². The van der Waals surface area contributed by atoms with Crippen LogP contribution in [0.5, 0.6) is 0 Å². The molecule has 0 aliphatic heterocycles. The van der Waals surface area contributed by atoms with Crippen LogP contribution >= 0.6 is 0 Å². The van der Waals surface area contributed by atoms with Crippen LogP contribution in [0.15, 0.2) is 158 Å². The van der Waals surface area contributed by atoms with Gasteiger partial charge in [0, 0.05) is 22.5 Å². The second-order valence-corrected chi connectivity index (χ2v) is 14.8. The van der Waals surface area contributed by atoms with Gasteiger partial charge in [0.15, 0.2) is 0 Å². The highest BCUT2D eigenvalue weighted by Gasteiger charge is 2.38. The molecule has 0 N–H and O–H groups in total. The molecule has 0 spiro atoms. The summed E-state index contributed by atoms with van der Waals surface area (Å²) in [5.74, 6) is 0. The minimum Gasteiger partial charge on any atom is -0.310 e. The number of benzene rings is 8. The van der Waals surface area contributed by atoms with E-state index in [2.05, 4.69) is 184 Å². The lowest BCUT2D eigenvalue weighted by atomic mass is 9.80. The summed E-state index contributed by atoms with van der Waals surface area (Å²) < 4.78 is 0. The average molecular weight is 681 g/mol. The van der Waals surface area contributed by atoms with Crippen LogP contribution in [0, 0.1) is 18.3 Å². The zero-order valence-electron chi connectivity index (χ0n) is 30.6. The first-order valence-corrected chi connectivity index (χ1v) is 18.5. The molecule has 8 aromatic carbocycles. The van der Waals surface area contributed by atoms with Gasteiger partial charge >= 0.3 is 0 Å². The molecule has 8 aromatic rings. The lowest BCUT2D eigenvalue weighted by molar-refractivity contribution is 0.661. The Morgan fingerprint density at radius 2 is 1.23 bits per heavy atom. The van der Waals surface area contributed by atoms with Crippen molar-refractivity contribution in [3.63, 3.8) is 0 Å². The molecule has 2 heteroatoms. The summed E-state index contributed by atoms with van der Waals surface area (Å²) >= 11 is 0. The number of aryl methyl sites for hydroxylation is 2. The fourth-order valence-corrected chi connectivity index (χ4v) is 8.58. The molecule has 0 saturated carbocycles. The highest BCUT2D eigenvalue weighted by molar-refractivity contribution is 6.10. The first-order valence-electron chi connectivity index (χ1n) is 18.5. The molecule has 0 radical (unpaired) electrons. The highest BCUT2D eigenvalue weighted by atomic mass is 15.1. The standard InChI is InChI=1S/C51H40N2/c1-5-35-22-25-40(29-46(35)42-15-9-6-12-33(42)2)53(39-23-18-34(32-52)19-24-39)41-26-27-45-48(30-41)51(3,4)49-31-47(43-16-10-11-17-44(43)50(45)49)38-21-20-36-13-7-8-14-37(36)28-38/h6-31H,5H2,1-4H3. The topological polar surface area (TPSA) is 27.0 Å². The normalized spacial score (nSPS) is 12.7. The fourth-order valence-electron chi connectivity index (χ4n) is 8.58. The van der Waals surface area contributed by atoms with E-state index >= 15 is 0 Å². The molecule has 0 aromatic heterocycles. The van der Waals surface area contributed by atoms with E-state index in [0.717, 1.165) is 23.5 Å². The molecule has 0 atom stereocenters. The molecule has 0 bridgehead atoms. The second kappa shape index (κ2) is 12.7. The van der Waals surface area contributed by atoms with Gasteiger partial charge in [0.1, 0.15) is 0 Å². The first-order chi connectivity index (χ1) is 25.9. The zero-order chi connectivity index (χ0) is 36.3. The predicted molar refractivity (Wildman–Crippen MR) is 223 cm³/mol. The van der Waals surface area contributed by atoms with E-state index in [1.54, 1.807) is 0 Å². The van der Waals surface area contributed by atoms with E-state index in [9.17, 15) is 5.26 Å². The summed E-state index contributed by atoms with van der Waals surface area (Å²) in [6.07, 6.45) is 0.946. The predicted octanol–water partition coefficient (Wildman–Crippen LogP) is 13.8. The van der Waals surface area contributed by atoms with Gasteiger partial charge in [0.25, 0.3) is 0 Å². The van der Waals surface area contributed by atoms with Crippen molar-refractivity contribution in [1.29, 1.82) is 5.26 Å². The van der Waals surface area contributed by atoms with Gasteiger partial charge in [0.2, 0.25) is 0 Å². The number of fused-ring (bicyclic) bond motifs is 6. The Kier molecular flexibility index (Phi) is 7.76. The molecule has 0 unspecified atom stereocenters. The Morgan fingerprint density at radius 3 is 2.00 bits per heavy atom. The van der Waals surface area contributed by atoms with E-state index < -0.39 is 0 Å². The Bertz CT molecular complexity index is 2760. The quantitative estimate of drug-likeness (QED) is 0.175. The Labute approximate surface area is 312 Å². The molecular formula is C51H40N2. The molecule has 0 amide bonds. The monoisotopic (exact) mass is 680 g/mol. The van der Waals surface area contributed by atoms with Crippen LogP contribution in [0.25, 0.3) is 54.9 Å². The van der Waals surface area contributed by atoms with Crippen LogP contribution in [-0.4, -0.2) is 0 Å². The van der Waals surface area contributed by atoms with Gasteiger partial charge in [-0.15, -0.1) is 0 Å². The van der Waals surface area contributed by atoms with Crippen molar-refractivity contribution in [2.75, 3.05) is 4.90 Å². The van der Waals surface area contributed by atoms with Crippen molar-refractivity contribution in [3.05, 3.63) is 186 Å². The van der Waals surface area contributed by atoms with Gasteiger partial charge in [-0.25, -0.2) is 0 Å². The smallest absolute Gasteiger partial charge is 0.0991 e. The Morgan fingerprint density at radius 1 is 0.547 bits per heavy atom. The van der Waals surface area contributed by atoms with Crippen molar-refractivity contribution >= 4 is 38.6 Å². The largest absolute Gasteiger partial charge is 0.310 e. The van der Waals surface area contributed by atoms with Crippen molar-refractivity contribution in [3.8, 4) is 39.4 Å². The molecule has 0 saturated heterocycles. The van der Waals surface area contributed by atoms with Gasteiger partial charge in [-0.2, -0.15) is 5.26 Å². The second-order valence-electron chi connectivity index (χ2n) is 14.8. The molecular weight excluding hydrogens is 641 g/mol. The van der Waals surface area contributed by atoms with Crippen molar-refractivity contribution in [1.82, 2.24) is 0 Å². The van der Waals surface area contributed by atoms with E-state index in [0.29, 0.717) is 5.56 Å². The number of nitriles is 1. The third kappa shape index (κ3) is 5.32. The molecule has 254 valence electrons. The summed E-state index contributed by atoms with van der Waals surface area (Å²) in [6, 6.07) is 59.6. The number of hydrogen-bond acceptors (Lipinski definition) is 2. The highest BCUT2D eigenvalue weighted by Crippen LogP contribution is 2.54. The molecule has 9 rings (SSSR count). The maximum atomic E-state index is 9.65. The van der Waals surface area contributed by atoms with Crippen LogP contribution < -0.4 is 4.90 Å². The summed E-state index contributed by atoms with van der Waals surface area (Å²) in [5, 5.41) is 14.7. The minimum absolute atomic E-state index is 0.245. The molecule has 1 aliphatic rings. The number of rotatable bonds is 6. The molecule has 0 fully saturated rings. The van der Waals surface area contributed by atoms with Crippen molar-refractivity contribution in [2.45, 2.75) is 39.5 Å². The van der Waals surface area contributed by atoms with Crippen LogP contribution in [0.3, 0.4) is 0 Å². The maximum Gasteiger partial charge on any atom is 0.0991 e. The number of nitrogens with zero attached hydrogens (tertiary/aromatic N) is 2. The van der Waals surface area contributed by atoms with E-state index in [4.69, 9.17) is 0 Å². The molecule has 1 aliphatic carbocycles. The van der Waals surface area contributed by atoms with E-state index in [1.165, 1.54) is 77.2 Å². The van der Waals surface area contributed by atoms with Crippen molar-refractivity contribution < 1.29 is 0 Å². The third-order valence-electron chi connectivity index (χ3n) is 11.4. The van der Waals surface area contributed by atoms with Gasteiger partial charge < -0.3 is 4.90 Å². The number of hydrogen-bond donors (Lipinski definition) is 0. The summed E-state index contributed by atoms with van der Waals surface area (Å²) in [4.78, 5) is 2.35. The molecule has 0 heterocycles. The lowest BCUT2D eigenvalue weighted by Gasteiger charge is -2.29. The maximum absolute atomic E-state index is 9.65. The van der Waals surface area contributed by atoms with Crippen LogP contribution in [-0.2, 0) is 11.8 Å². The molecule has 53 heavy (non-hydrogen) atoms. The number of anilines is 3. The summed E-state index contributed by atoms with van der Waals surface area (Å²) in [5.41, 5.74) is 16.5. The van der Waals surface area contributed by atoms with E-state index in [-0.39, 0.29) is 5.41 Å². The van der Waals surface area contributed by atoms with Crippen LogP contribution in [0.4, 0.5) is 17.1 Å². The third-order valence-corrected chi connectivity index (χ3v) is 11.4. The van der Waals surface area contributed by atoms with Gasteiger partial charge in [-0.1, -0.05) is 118 Å².